The molecule has 132 valence electrons. The Balaban J connectivity index is 2.02. The number of hydrogen-bond acceptors (Lipinski definition) is 3. The van der Waals surface area contributed by atoms with Crippen LogP contribution in [0.3, 0.4) is 0 Å². The Labute approximate surface area is 144 Å². The van der Waals surface area contributed by atoms with Crippen LogP contribution in [0.25, 0.3) is 0 Å². The molecule has 2 N–H and O–H groups in total. The van der Waals surface area contributed by atoms with Crippen molar-refractivity contribution in [1.82, 2.24) is 9.80 Å². The molecule has 1 heterocycles. The minimum atomic E-state index is -0.262. The van der Waals surface area contributed by atoms with Gasteiger partial charge in [-0.1, -0.05) is 44.2 Å². The largest absolute Gasteiger partial charge is 0.345 e. The van der Waals surface area contributed by atoms with E-state index in [4.69, 9.17) is 5.73 Å². The standard InChI is InChI=1S/C19H29N3O2/c1-14(15-8-6-5-7-9-15)22-11-16(10-17(22)23)18(24)21(4)13-19(2,3)12-20/h5-9,14,16H,10-13,20H2,1-4H3. The van der Waals surface area contributed by atoms with E-state index in [0.717, 1.165) is 5.56 Å². The molecule has 2 atom stereocenters. The maximum atomic E-state index is 12.7. The molecule has 0 aromatic heterocycles. The van der Waals surface area contributed by atoms with Gasteiger partial charge in [0.15, 0.2) is 0 Å². The fraction of sp³-hybridized carbons (Fsp3) is 0.579. The van der Waals surface area contributed by atoms with E-state index < -0.39 is 0 Å². The number of nitrogens with zero attached hydrogens (tertiary/aromatic N) is 2. The SMILES string of the molecule is CC(c1ccccc1)N1CC(C(=O)N(C)CC(C)(C)CN)CC1=O. The van der Waals surface area contributed by atoms with Gasteiger partial charge < -0.3 is 15.5 Å². The molecule has 2 rings (SSSR count). The molecule has 0 spiro atoms. The van der Waals surface area contributed by atoms with Gasteiger partial charge in [0.2, 0.25) is 11.8 Å². The van der Waals surface area contributed by atoms with E-state index in [0.29, 0.717) is 26.1 Å². The highest BCUT2D eigenvalue weighted by Gasteiger charge is 2.38. The van der Waals surface area contributed by atoms with Gasteiger partial charge in [0.05, 0.1) is 12.0 Å². The highest BCUT2D eigenvalue weighted by Crippen LogP contribution is 2.29. The topological polar surface area (TPSA) is 66.6 Å². The van der Waals surface area contributed by atoms with Gasteiger partial charge >= 0.3 is 0 Å². The molecule has 2 unspecified atom stereocenters. The average molecular weight is 331 g/mol. The van der Waals surface area contributed by atoms with Gasteiger partial charge in [-0.05, 0) is 24.4 Å². The van der Waals surface area contributed by atoms with Gasteiger partial charge in [-0.2, -0.15) is 0 Å². The van der Waals surface area contributed by atoms with Crippen molar-refractivity contribution >= 4 is 11.8 Å². The van der Waals surface area contributed by atoms with Crippen LogP contribution >= 0.6 is 0 Å². The number of benzene rings is 1. The Morgan fingerprint density at radius 1 is 1.38 bits per heavy atom. The third-order valence-electron chi connectivity index (χ3n) is 4.85. The van der Waals surface area contributed by atoms with Crippen LogP contribution in [-0.2, 0) is 9.59 Å². The van der Waals surface area contributed by atoms with Crippen LogP contribution in [0.4, 0.5) is 0 Å². The molecule has 0 bridgehead atoms. The Bertz CT molecular complexity index is 586. The van der Waals surface area contributed by atoms with E-state index in [1.807, 2.05) is 56.0 Å². The lowest BCUT2D eigenvalue weighted by molar-refractivity contribution is -0.135. The van der Waals surface area contributed by atoms with E-state index in [2.05, 4.69) is 0 Å². The van der Waals surface area contributed by atoms with Crippen molar-refractivity contribution in [3.8, 4) is 0 Å². The van der Waals surface area contributed by atoms with Crippen LogP contribution in [-0.4, -0.2) is 48.3 Å². The predicted octanol–water partition coefficient (Wildman–Crippen LogP) is 2.04. The molecular formula is C19H29N3O2. The number of hydrogen-bond donors (Lipinski definition) is 1. The molecule has 1 aromatic rings. The highest BCUT2D eigenvalue weighted by atomic mass is 16.2. The minimum absolute atomic E-state index is 0.0118. The molecule has 1 aliphatic heterocycles. The quantitative estimate of drug-likeness (QED) is 0.867. The Morgan fingerprint density at radius 3 is 2.58 bits per heavy atom. The van der Waals surface area contributed by atoms with Crippen LogP contribution in [0.15, 0.2) is 30.3 Å². The molecular weight excluding hydrogens is 302 g/mol. The number of amides is 2. The molecule has 5 nitrogen and oxygen atoms in total. The van der Waals surface area contributed by atoms with Gasteiger partial charge in [-0.15, -0.1) is 0 Å². The fourth-order valence-corrected chi connectivity index (χ4v) is 3.28. The third-order valence-corrected chi connectivity index (χ3v) is 4.85. The van der Waals surface area contributed by atoms with E-state index in [9.17, 15) is 9.59 Å². The molecule has 1 aromatic carbocycles. The summed E-state index contributed by atoms with van der Waals surface area (Å²) in [6, 6.07) is 9.92. The predicted molar refractivity (Wildman–Crippen MR) is 95.1 cm³/mol. The molecule has 0 radical (unpaired) electrons. The summed E-state index contributed by atoms with van der Waals surface area (Å²) in [6.07, 6.45) is 0.295. The first-order valence-corrected chi connectivity index (χ1v) is 8.54. The lowest BCUT2D eigenvalue weighted by Crippen LogP contribution is -2.42. The van der Waals surface area contributed by atoms with Gasteiger partial charge in [-0.25, -0.2) is 0 Å². The molecule has 1 saturated heterocycles. The molecule has 0 saturated carbocycles. The monoisotopic (exact) mass is 331 g/mol. The lowest BCUT2D eigenvalue weighted by Gasteiger charge is -2.31. The number of rotatable bonds is 6. The van der Waals surface area contributed by atoms with Crippen molar-refractivity contribution in [3.05, 3.63) is 35.9 Å². The fourth-order valence-electron chi connectivity index (χ4n) is 3.28. The second-order valence-corrected chi connectivity index (χ2v) is 7.60. The second-order valence-electron chi connectivity index (χ2n) is 7.60. The lowest BCUT2D eigenvalue weighted by atomic mass is 9.92. The molecule has 1 fully saturated rings. The van der Waals surface area contributed by atoms with Crippen molar-refractivity contribution in [2.75, 3.05) is 26.7 Å². The Morgan fingerprint density at radius 2 is 2.00 bits per heavy atom. The summed E-state index contributed by atoms with van der Waals surface area (Å²) >= 11 is 0. The van der Waals surface area contributed by atoms with Gasteiger partial charge in [0, 0.05) is 26.6 Å². The van der Waals surface area contributed by atoms with Crippen LogP contribution in [0.2, 0.25) is 0 Å². The molecule has 0 aliphatic carbocycles. The Kier molecular flexibility index (Phi) is 5.65. The van der Waals surface area contributed by atoms with Gasteiger partial charge in [-0.3, -0.25) is 9.59 Å². The zero-order valence-electron chi connectivity index (χ0n) is 15.2. The molecule has 1 aliphatic rings. The van der Waals surface area contributed by atoms with Crippen molar-refractivity contribution in [1.29, 1.82) is 0 Å². The minimum Gasteiger partial charge on any atom is -0.345 e. The van der Waals surface area contributed by atoms with E-state index in [1.54, 1.807) is 11.9 Å². The Hall–Kier alpha value is -1.88. The maximum absolute atomic E-state index is 12.7. The summed E-state index contributed by atoms with van der Waals surface area (Å²) in [7, 11) is 1.80. The second kappa shape index (κ2) is 7.34. The number of carbonyl (C=O) groups is 2. The zero-order chi connectivity index (χ0) is 17.9. The van der Waals surface area contributed by atoms with Crippen molar-refractivity contribution in [3.63, 3.8) is 0 Å². The van der Waals surface area contributed by atoms with Gasteiger partial charge in [0.1, 0.15) is 0 Å². The third kappa shape index (κ3) is 4.15. The van der Waals surface area contributed by atoms with Crippen molar-refractivity contribution < 1.29 is 9.59 Å². The first-order chi connectivity index (χ1) is 11.2. The molecule has 2 amide bonds. The van der Waals surface area contributed by atoms with Crippen LogP contribution in [0.5, 0.6) is 0 Å². The maximum Gasteiger partial charge on any atom is 0.227 e. The summed E-state index contributed by atoms with van der Waals surface area (Å²) in [5, 5.41) is 0. The van der Waals surface area contributed by atoms with Crippen LogP contribution in [0, 0.1) is 11.3 Å². The number of carbonyl (C=O) groups excluding carboxylic acids is 2. The number of nitrogens with two attached hydrogens (primary N) is 1. The first-order valence-electron chi connectivity index (χ1n) is 8.54. The van der Waals surface area contributed by atoms with Gasteiger partial charge in [0.25, 0.3) is 0 Å². The average Bonchev–Trinajstić information content (AvgIpc) is 2.95. The van der Waals surface area contributed by atoms with E-state index >= 15 is 0 Å². The van der Waals surface area contributed by atoms with Crippen molar-refractivity contribution in [2.24, 2.45) is 17.1 Å². The summed E-state index contributed by atoms with van der Waals surface area (Å²) in [4.78, 5) is 28.6. The number of likely N-dealkylation sites (tertiary alicyclic amines) is 1. The normalized spacial score (nSPS) is 19.5. The summed E-state index contributed by atoms with van der Waals surface area (Å²) < 4.78 is 0. The molecule has 5 heteroatoms. The summed E-state index contributed by atoms with van der Waals surface area (Å²) in [5.41, 5.74) is 6.73. The smallest absolute Gasteiger partial charge is 0.227 e. The van der Waals surface area contributed by atoms with Crippen LogP contribution < -0.4 is 5.73 Å². The first kappa shape index (κ1) is 18.5. The van der Waals surface area contributed by atoms with Crippen molar-refractivity contribution in [2.45, 2.75) is 33.2 Å². The summed E-state index contributed by atoms with van der Waals surface area (Å²) in [6.45, 7) is 7.70. The van der Waals surface area contributed by atoms with E-state index in [1.165, 1.54) is 0 Å². The highest BCUT2D eigenvalue weighted by molar-refractivity contribution is 5.89. The zero-order valence-corrected chi connectivity index (χ0v) is 15.2. The van der Waals surface area contributed by atoms with E-state index in [-0.39, 0.29) is 29.2 Å². The van der Waals surface area contributed by atoms with Crippen LogP contribution in [0.1, 0.15) is 38.8 Å². The summed E-state index contributed by atoms with van der Waals surface area (Å²) in [5.74, 6) is -0.175. The molecule has 24 heavy (non-hydrogen) atoms.